The summed E-state index contributed by atoms with van der Waals surface area (Å²) < 4.78 is 80.9. The van der Waals surface area contributed by atoms with Gasteiger partial charge in [0.2, 0.25) is 0 Å². The van der Waals surface area contributed by atoms with Crippen LogP contribution >= 0.6 is 0 Å². The topological polar surface area (TPSA) is 0 Å². The second kappa shape index (κ2) is 8.77. The molecule has 4 aromatic carbocycles. The molecule has 0 saturated carbocycles. The molecule has 0 aromatic heterocycles. The van der Waals surface area contributed by atoms with Crippen LogP contribution in [-0.4, -0.2) is 0 Å². The molecule has 0 atom stereocenters. The number of rotatable bonds is 4. The Kier molecular flexibility index (Phi) is 6.02. The zero-order valence-electron chi connectivity index (χ0n) is 17.5. The van der Waals surface area contributed by atoms with E-state index >= 15 is 0 Å². The van der Waals surface area contributed by atoms with E-state index in [1.54, 1.807) is 6.07 Å². The third-order valence-corrected chi connectivity index (χ3v) is 5.52. The highest BCUT2D eigenvalue weighted by Gasteiger charge is 2.38. The molecule has 0 saturated heterocycles. The molecule has 0 heterocycles. The minimum atomic E-state index is -5.18. The number of halogens is 6. The highest BCUT2D eigenvalue weighted by Crippen LogP contribution is 2.37. The van der Waals surface area contributed by atoms with Gasteiger partial charge in [-0.25, -0.2) is 13.2 Å². The molecule has 4 rings (SSSR count). The number of aryl methyl sites for hydroxylation is 1. The Morgan fingerprint density at radius 2 is 0.970 bits per heavy atom. The van der Waals surface area contributed by atoms with E-state index in [9.17, 15) is 26.3 Å². The van der Waals surface area contributed by atoms with Gasteiger partial charge in [0.15, 0.2) is 0 Å². The highest BCUT2D eigenvalue weighted by molar-refractivity contribution is 5.74. The van der Waals surface area contributed by atoms with E-state index in [1.165, 1.54) is 17.7 Å². The first-order chi connectivity index (χ1) is 15.7. The summed E-state index contributed by atoms with van der Waals surface area (Å²) in [4.78, 5) is 0. The van der Waals surface area contributed by atoms with Gasteiger partial charge in [-0.2, -0.15) is 13.2 Å². The molecule has 0 N–H and O–H groups in total. The lowest BCUT2D eigenvalue weighted by molar-refractivity contribution is -0.142. The van der Waals surface area contributed by atoms with Crippen molar-refractivity contribution in [3.63, 3.8) is 0 Å². The van der Waals surface area contributed by atoms with Gasteiger partial charge >= 0.3 is 6.18 Å². The van der Waals surface area contributed by atoms with Gasteiger partial charge in [0.1, 0.15) is 23.0 Å². The normalized spacial score (nSPS) is 11.6. The molecule has 0 aliphatic rings. The second-order valence-electron chi connectivity index (χ2n) is 7.64. The van der Waals surface area contributed by atoms with Gasteiger partial charge in [-0.1, -0.05) is 67.6 Å². The van der Waals surface area contributed by atoms with E-state index in [0.29, 0.717) is 17.7 Å². The molecule has 0 unspecified atom stereocenters. The van der Waals surface area contributed by atoms with Crippen LogP contribution in [0.4, 0.5) is 26.3 Å². The summed E-state index contributed by atoms with van der Waals surface area (Å²) in [6.07, 6.45) is -4.23. The molecule has 0 bridgehead atoms. The number of hydrogen-bond acceptors (Lipinski definition) is 0. The van der Waals surface area contributed by atoms with Crippen LogP contribution in [0, 0.1) is 17.5 Å². The number of hydrogen-bond donors (Lipinski definition) is 0. The van der Waals surface area contributed by atoms with Gasteiger partial charge in [-0.15, -0.1) is 0 Å². The Morgan fingerprint density at radius 1 is 0.545 bits per heavy atom. The van der Waals surface area contributed by atoms with Crippen molar-refractivity contribution in [3.8, 4) is 33.4 Å². The molecule has 0 fully saturated rings. The van der Waals surface area contributed by atoms with E-state index in [2.05, 4.69) is 19.1 Å². The molecule has 0 nitrogen and oxygen atoms in total. The predicted molar refractivity (Wildman–Crippen MR) is 117 cm³/mol. The Bertz CT molecular complexity index is 1260. The quantitative estimate of drug-likeness (QED) is 0.270. The maximum Gasteiger partial charge on any atom is 0.422 e. The van der Waals surface area contributed by atoms with Crippen LogP contribution in [0.1, 0.15) is 18.1 Å². The van der Waals surface area contributed by atoms with Crippen LogP contribution in [0.15, 0.2) is 78.9 Å². The molecule has 0 spiro atoms. The summed E-state index contributed by atoms with van der Waals surface area (Å²) in [7, 11) is 0. The van der Waals surface area contributed by atoms with Gasteiger partial charge in [0.05, 0.1) is 0 Å². The largest absolute Gasteiger partial charge is 0.422 e. The van der Waals surface area contributed by atoms with Crippen LogP contribution in [0.3, 0.4) is 0 Å². The molecule has 168 valence electrons. The fourth-order valence-electron chi connectivity index (χ4n) is 3.72. The summed E-state index contributed by atoms with van der Waals surface area (Å²) in [5, 5.41) is 0. The zero-order chi connectivity index (χ0) is 23.8. The first-order valence-corrected chi connectivity index (χ1v) is 10.2. The zero-order valence-corrected chi connectivity index (χ0v) is 17.5. The van der Waals surface area contributed by atoms with Crippen LogP contribution < -0.4 is 0 Å². The summed E-state index contributed by atoms with van der Waals surface area (Å²) in [5.74, 6) is -4.38. The van der Waals surface area contributed by atoms with Crippen molar-refractivity contribution in [2.45, 2.75) is 19.5 Å². The smallest absolute Gasteiger partial charge is 0.206 e. The van der Waals surface area contributed by atoms with Crippen molar-refractivity contribution in [1.29, 1.82) is 0 Å². The molecule has 0 aliphatic heterocycles. The SMILES string of the molecule is CCc1ccc(-c2ccc(-c3ccc(-c4cc(F)c(C(F)(F)F)c(F)c4)c(F)c3)cc2)cc1. The first kappa shape index (κ1) is 22.6. The van der Waals surface area contributed by atoms with Crippen molar-refractivity contribution in [3.05, 3.63) is 107 Å². The fourth-order valence-corrected chi connectivity index (χ4v) is 3.72. The minimum Gasteiger partial charge on any atom is -0.206 e. The van der Waals surface area contributed by atoms with Crippen LogP contribution in [-0.2, 0) is 12.6 Å². The van der Waals surface area contributed by atoms with Gasteiger partial charge in [-0.05, 0) is 58.0 Å². The van der Waals surface area contributed by atoms with Crippen LogP contribution in [0.25, 0.3) is 33.4 Å². The summed E-state index contributed by atoms with van der Waals surface area (Å²) >= 11 is 0. The molecule has 33 heavy (non-hydrogen) atoms. The van der Waals surface area contributed by atoms with Crippen LogP contribution in [0.5, 0.6) is 0 Å². The lowest BCUT2D eigenvalue weighted by Crippen LogP contribution is -2.11. The van der Waals surface area contributed by atoms with Crippen molar-refractivity contribution >= 4 is 0 Å². The molecule has 0 amide bonds. The van der Waals surface area contributed by atoms with Crippen molar-refractivity contribution in [1.82, 2.24) is 0 Å². The fraction of sp³-hybridized carbons (Fsp3) is 0.111. The van der Waals surface area contributed by atoms with Gasteiger partial charge in [0.25, 0.3) is 0 Å². The lowest BCUT2D eigenvalue weighted by Gasteiger charge is -2.12. The van der Waals surface area contributed by atoms with E-state index < -0.39 is 29.2 Å². The average molecular weight is 456 g/mol. The standard InChI is InChI=1S/C27H18F6/c1-2-16-3-5-17(6-4-16)18-7-9-19(10-8-18)20-11-12-22(23(28)13-20)21-14-24(29)26(25(30)15-21)27(31,32)33/h3-15H,2H2,1H3. The van der Waals surface area contributed by atoms with Gasteiger partial charge in [-0.3, -0.25) is 0 Å². The second-order valence-corrected chi connectivity index (χ2v) is 7.64. The number of alkyl halides is 3. The maximum atomic E-state index is 14.8. The van der Waals surface area contributed by atoms with Crippen LogP contribution in [0.2, 0.25) is 0 Å². The highest BCUT2D eigenvalue weighted by atomic mass is 19.4. The minimum absolute atomic E-state index is 0.196. The van der Waals surface area contributed by atoms with Crippen molar-refractivity contribution in [2.75, 3.05) is 0 Å². The predicted octanol–water partition coefficient (Wildman–Crippen LogP) is 8.69. The Morgan fingerprint density at radius 3 is 1.42 bits per heavy atom. The molecule has 6 heteroatoms. The van der Waals surface area contributed by atoms with E-state index in [-0.39, 0.29) is 11.1 Å². The molecular formula is C27H18F6. The Hall–Kier alpha value is -3.54. The van der Waals surface area contributed by atoms with E-state index in [0.717, 1.165) is 23.1 Å². The lowest BCUT2D eigenvalue weighted by atomic mass is 9.96. The summed E-state index contributed by atoms with van der Waals surface area (Å²) in [6, 6.07) is 20.7. The third-order valence-electron chi connectivity index (χ3n) is 5.52. The monoisotopic (exact) mass is 456 g/mol. The summed E-state index contributed by atoms with van der Waals surface area (Å²) in [5.41, 5.74) is 2.02. The van der Waals surface area contributed by atoms with Gasteiger partial charge in [0, 0.05) is 5.56 Å². The molecule has 0 aliphatic carbocycles. The molecule has 0 radical (unpaired) electrons. The van der Waals surface area contributed by atoms with Crippen molar-refractivity contribution < 1.29 is 26.3 Å². The first-order valence-electron chi connectivity index (χ1n) is 10.2. The Balaban J connectivity index is 1.63. The molecule has 4 aromatic rings. The Labute approximate surface area is 187 Å². The van der Waals surface area contributed by atoms with Gasteiger partial charge < -0.3 is 0 Å². The number of benzene rings is 4. The summed E-state index contributed by atoms with van der Waals surface area (Å²) in [6.45, 7) is 2.08. The van der Waals surface area contributed by atoms with E-state index in [1.807, 2.05) is 36.4 Å². The van der Waals surface area contributed by atoms with Crippen molar-refractivity contribution in [2.24, 2.45) is 0 Å². The third kappa shape index (κ3) is 4.65. The average Bonchev–Trinajstić information content (AvgIpc) is 2.77. The van der Waals surface area contributed by atoms with E-state index in [4.69, 9.17) is 0 Å². The molecular weight excluding hydrogens is 438 g/mol. The maximum absolute atomic E-state index is 14.8.